The Labute approximate surface area is 122 Å². The third-order valence-electron chi connectivity index (χ3n) is 4.48. The third kappa shape index (κ3) is 3.22. The number of rotatable bonds is 4. The number of carboxylic acids is 1. The van der Waals surface area contributed by atoms with Crippen molar-refractivity contribution >= 4 is 5.97 Å². The summed E-state index contributed by atoms with van der Waals surface area (Å²) in [5.41, 5.74) is -0.833. The average Bonchev–Trinajstić information content (AvgIpc) is 2.84. The minimum Gasteiger partial charge on any atom is -0.481 e. The summed E-state index contributed by atoms with van der Waals surface area (Å²) in [6.07, 6.45) is -1.41. The van der Waals surface area contributed by atoms with E-state index in [2.05, 4.69) is 0 Å². The maximum absolute atomic E-state index is 12.8. The van der Waals surface area contributed by atoms with Gasteiger partial charge in [-0.3, -0.25) is 4.79 Å². The average molecular weight is 300 g/mol. The van der Waals surface area contributed by atoms with Gasteiger partial charge in [0.05, 0.1) is 11.0 Å². The van der Waals surface area contributed by atoms with Gasteiger partial charge < -0.3 is 5.11 Å². The smallest absolute Gasteiger partial charge is 0.416 e. The lowest BCUT2D eigenvalue weighted by Gasteiger charge is -2.24. The van der Waals surface area contributed by atoms with E-state index < -0.39 is 23.1 Å². The highest BCUT2D eigenvalue weighted by Gasteiger charge is 2.45. The quantitative estimate of drug-likeness (QED) is 0.863. The van der Waals surface area contributed by atoms with Gasteiger partial charge in [-0.15, -0.1) is 0 Å². The summed E-state index contributed by atoms with van der Waals surface area (Å²) in [5.74, 6) is -0.922. The molecular weight excluding hydrogens is 281 g/mol. The van der Waals surface area contributed by atoms with E-state index in [1.54, 1.807) is 6.07 Å². The number of carbonyl (C=O) groups is 1. The SMILES string of the molecule is CCC[C@@]1(C(=O)O)CC[C@H](c2cccc(C(F)(F)F)c2)C1. The van der Waals surface area contributed by atoms with Crippen molar-refractivity contribution in [1.82, 2.24) is 0 Å². The molecule has 2 rings (SSSR count). The van der Waals surface area contributed by atoms with E-state index in [1.165, 1.54) is 6.07 Å². The van der Waals surface area contributed by atoms with Crippen molar-refractivity contribution in [3.05, 3.63) is 35.4 Å². The van der Waals surface area contributed by atoms with Crippen LogP contribution in [0.5, 0.6) is 0 Å². The molecule has 1 aromatic rings. The van der Waals surface area contributed by atoms with Gasteiger partial charge in [-0.1, -0.05) is 31.5 Å². The summed E-state index contributed by atoms with van der Waals surface area (Å²) in [4.78, 5) is 11.5. The minimum atomic E-state index is -4.36. The number of halogens is 3. The van der Waals surface area contributed by atoms with Crippen molar-refractivity contribution in [1.29, 1.82) is 0 Å². The van der Waals surface area contributed by atoms with Crippen LogP contribution in [0.3, 0.4) is 0 Å². The molecule has 0 radical (unpaired) electrons. The maximum atomic E-state index is 12.8. The number of hydrogen-bond acceptors (Lipinski definition) is 1. The second-order valence-corrected chi connectivity index (χ2v) is 5.90. The standard InChI is InChI=1S/C16H19F3O2/c1-2-7-15(14(20)21)8-6-12(10-15)11-4-3-5-13(9-11)16(17,18)19/h3-5,9,12H,2,6-8,10H2,1H3,(H,20,21)/t12-,15+/m0/s1. The molecule has 0 saturated heterocycles. The van der Waals surface area contributed by atoms with Crippen molar-refractivity contribution in [3.8, 4) is 0 Å². The van der Waals surface area contributed by atoms with Crippen LogP contribution in [0.25, 0.3) is 0 Å². The van der Waals surface area contributed by atoms with Gasteiger partial charge in [0.15, 0.2) is 0 Å². The summed E-state index contributed by atoms with van der Waals surface area (Å²) in [6, 6.07) is 5.28. The molecule has 0 bridgehead atoms. The van der Waals surface area contributed by atoms with Crippen LogP contribution in [0, 0.1) is 5.41 Å². The Morgan fingerprint density at radius 2 is 2.14 bits per heavy atom. The first-order chi connectivity index (χ1) is 9.78. The molecule has 0 aromatic heterocycles. The van der Waals surface area contributed by atoms with Gasteiger partial charge in [0.2, 0.25) is 0 Å². The van der Waals surface area contributed by atoms with E-state index >= 15 is 0 Å². The molecule has 1 aliphatic rings. The maximum Gasteiger partial charge on any atom is 0.416 e. The zero-order valence-corrected chi connectivity index (χ0v) is 11.9. The molecule has 5 heteroatoms. The zero-order valence-electron chi connectivity index (χ0n) is 11.9. The highest BCUT2D eigenvalue weighted by Crippen LogP contribution is 2.50. The van der Waals surface area contributed by atoms with Crippen molar-refractivity contribution in [2.24, 2.45) is 5.41 Å². The Balaban J connectivity index is 2.23. The second kappa shape index (κ2) is 5.70. The first kappa shape index (κ1) is 15.9. The normalized spacial score (nSPS) is 26.0. The Bertz CT molecular complexity index is 524. The Morgan fingerprint density at radius 3 is 2.71 bits per heavy atom. The van der Waals surface area contributed by atoms with E-state index in [9.17, 15) is 23.1 Å². The summed E-state index contributed by atoms with van der Waals surface area (Å²) < 4.78 is 38.3. The molecule has 1 aromatic carbocycles. The third-order valence-corrected chi connectivity index (χ3v) is 4.48. The summed E-state index contributed by atoms with van der Waals surface area (Å²) >= 11 is 0. The van der Waals surface area contributed by atoms with Crippen LogP contribution in [-0.2, 0) is 11.0 Å². The molecule has 1 N–H and O–H groups in total. The van der Waals surface area contributed by atoms with Crippen LogP contribution in [0.2, 0.25) is 0 Å². The molecule has 1 aliphatic carbocycles. The Hall–Kier alpha value is -1.52. The first-order valence-electron chi connectivity index (χ1n) is 7.19. The molecule has 1 saturated carbocycles. The van der Waals surface area contributed by atoms with E-state index in [4.69, 9.17) is 0 Å². The first-order valence-corrected chi connectivity index (χ1v) is 7.19. The highest BCUT2D eigenvalue weighted by atomic mass is 19.4. The minimum absolute atomic E-state index is 0.102. The molecule has 0 aliphatic heterocycles. The lowest BCUT2D eigenvalue weighted by atomic mass is 9.80. The Morgan fingerprint density at radius 1 is 1.43 bits per heavy atom. The zero-order chi connectivity index (χ0) is 15.7. The van der Waals surface area contributed by atoms with Crippen molar-refractivity contribution in [3.63, 3.8) is 0 Å². The lowest BCUT2D eigenvalue weighted by Crippen LogP contribution is -2.27. The number of alkyl halides is 3. The molecule has 1 fully saturated rings. The van der Waals surface area contributed by atoms with Gasteiger partial charge in [0.25, 0.3) is 0 Å². The van der Waals surface area contributed by atoms with Gasteiger partial charge in [0, 0.05) is 0 Å². The lowest BCUT2D eigenvalue weighted by molar-refractivity contribution is -0.149. The number of hydrogen-bond donors (Lipinski definition) is 1. The van der Waals surface area contributed by atoms with E-state index in [0.717, 1.165) is 18.6 Å². The van der Waals surface area contributed by atoms with Crippen LogP contribution in [0.1, 0.15) is 56.1 Å². The van der Waals surface area contributed by atoms with Gasteiger partial charge in [-0.25, -0.2) is 0 Å². The van der Waals surface area contributed by atoms with Gasteiger partial charge in [0.1, 0.15) is 0 Å². The fraction of sp³-hybridized carbons (Fsp3) is 0.562. The molecule has 116 valence electrons. The summed E-state index contributed by atoms with van der Waals surface area (Å²) in [6.45, 7) is 1.93. The fourth-order valence-corrected chi connectivity index (χ4v) is 3.39. The largest absolute Gasteiger partial charge is 0.481 e. The van der Waals surface area contributed by atoms with Gasteiger partial charge >= 0.3 is 12.1 Å². The highest BCUT2D eigenvalue weighted by molar-refractivity contribution is 5.75. The van der Waals surface area contributed by atoms with Crippen molar-refractivity contribution < 1.29 is 23.1 Å². The monoisotopic (exact) mass is 300 g/mol. The van der Waals surface area contributed by atoms with E-state index in [1.807, 2.05) is 6.92 Å². The predicted molar refractivity (Wildman–Crippen MR) is 73.0 cm³/mol. The molecule has 0 amide bonds. The topological polar surface area (TPSA) is 37.3 Å². The molecular formula is C16H19F3O2. The van der Waals surface area contributed by atoms with Crippen LogP contribution in [-0.4, -0.2) is 11.1 Å². The summed E-state index contributed by atoms with van der Waals surface area (Å²) in [5, 5.41) is 9.46. The van der Waals surface area contributed by atoms with Crippen LogP contribution in [0.15, 0.2) is 24.3 Å². The van der Waals surface area contributed by atoms with Gasteiger partial charge in [-0.05, 0) is 43.2 Å². The summed E-state index contributed by atoms with van der Waals surface area (Å²) in [7, 11) is 0. The van der Waals surface area contributed by atoms with Crippen LogP contribution in [0.4, 0.5) is 13.2 Å². The number of benzene rings is 1. The molecule has 2 atom stereocenters. The molecule has 21 heavy (non-hydrogen) atoms. The van der Waals surface area contributed by atoms with Crippen LogP contribution < -0.4 is 0 Å². The predicted octanol–water partition coefficient (Wildman–Crippen LogP) is 4.84. The van der Waals surface area contributed by atoms with Gasteiger partial charge in [-0.2, -0.15) is 13.2 Å². The van der Waals surface area contributed by atoms with Crippen molar-refractivity contribution in [2.75, 3.05) is 0 Å². The van der Waals surface area contributed by atoms with E-state index in [-0.39, 0.29) is 5.92 Å². The molecule has 0 heterocycles. The molecule has 2 nitrogen and oxygen atoms in total. The molecule has 0 spiro atoms. The van der Waals surface area contributed by atoms with E-state index in [0.29, 0.717) is 31.2 Å². The van der Waals surface area contributed by atoms with Crippen LogP contribution >= 0.6 is 0 Å². The molecule has 0 unspecified atom stereocenters. The second-order valence-electron chi connectivity index (χ2n) is 5.90. The number of aliphatic carboxylic acids is 1. The Kier molecular flexibility index (Phi) is 4.30. The van der Waals surface area contributed by atoms with Crippen molar-refractivity contribution in [2.45, 2.75) is 51.1 Å². The fourth-order valence-electron chi connectivity index (χ4n) is 3.39. The number of carboxylic acid groups (broad SMARTS) is 1.